The quantitative estimate of drug-likeness (QED) is 0.833. The lowest BCUT2D eigenvalue weighted by Gasteiger charge is -2.27. The first kappa shape index (κ1) is 13.4. The van der Waals surface area contributed by atoms with Crippen LogP contribution in [-0.4, -0.2) is 43.2 Å². The number of benzene rings is 1. The molecule has 1 saturated heterocycles. The van der Waals surface area contributed by atoms with Crippen molar-refractivity contribution in [3.8, 4) is 0 Å². The lowest BCUT2D eigenvalue weighted by atomic mass is 10.0. The molecule has 0 spiro atoms. The number of hydrogen-bond acceptors (Lipinski definition) is 4. The SMILES string of the molecule is ON1CCOCCOCCC1c1ccccc1F. The van der Waals surface area contributed by atoms with E-state index in [1.165, 1.54) is 6.07 Å². The van der Waals surface area contributed by atoms with E-state index in [2.05, 4.69) is 0 Å². The highest BCUT2D eigenvalue weighted by Crippen LogP contribution is 2.25. The summed E-state index contributed by atoms with van der Waals surface area (Å²) < 4.78 is 24.4. The van der Waals surface area contributed by atoms with Gasteiger partial charge in [-0.25, -0.2) is 4.39 Å². The molecule has 0 saturated carbocycles. The summed E-state index contributed by atoms with van der Waals surface area (Å²) in [5.41, 5.74) is 0.490. The molecule has 0 amide bonds. The Bertz CT molecular complexity index is 375. The molecule has 0 aromatic heterocycles. The van der Waals surface area contributed by atoms with Crippen LogP contribution in [0.2, 0.25) is 0 Å². The van der Waals surface area contributed by atoms with E-state index in [4.69, 9.17) is 9.47 Å². The van der Waals surface area contributed by atoms with Crippen LogP contribution in [0.25, 0.3) is 0 Å². The Morgan fingerprint density at radius 3 is 2.61 bits per heavy atom. The third kappa shape index (κ3) is 3.49. The minimum Gasteiger partial charge on any atom is -0.379 e. The second-order valence-electron chi connectivity index (χ2n) is 4.21. The second kappa shape index (κ2) is 6.80. The Labute approximate surface area is 106 Å². The Balaban J connectivity index is 2.13. The van der Waals surface area contributed by atoms with E-state index < -0.39 is 6.04 Å². The Morgan fingerprint density at radius 1 is 1.11 bits per heavy atom. The van der Waals surface area contributed by atoms with Gasteiger partial charge in [-0.15, -0.1) is 0 Å². The van der Waals surface area contributed by atoms with Gasteiger partial charge in [0, 0.05) is 18.7 Å². The Morgan fingerprint density at radius 2 is 1.83 bits per heavy atom. The van der Waals surface area contributed by atoms with Gasteiger partial charge in [-0.05, 0) is 12.5 Å². The van der Waals surface area contributed by atoms with E-state index in [0.717, 1.165) is 5.06 Å². The van der Waals surface area contributed by atoms with Crippen LogP contribution in [0.15, 0.2) is 24.3 Å². The van der Waals surface area contributed by atoms with Crippen molar-refractivity contribution in [1.29, 1.82) is 0 Å². The predicted molar refractivity (Wildman–Crippen MR) is 63.9 cm³/mol. The molecule has 1 fully saturated rings. The van der Waals surface area contributed by atoms with Crippen molar-refractivity contribution < 1.29 is 19.1 Å². The van der Waals surface area contributed by atoms with Crippen molar-refractivity contribution in [2.45, 2.75) is 12.5 Å². The number of halogens is 1. The molecule has 18 heavy (non-hydrogen) atoms. The smallest absolute Gasteiger partial charge is 0.128 e. The molecule has 100 valence electrons. The van der Waals surface area contributed by atoms with E-state index >= 15 is 0 Å². The average Bonchev–Trinajstić information content (AvgIpc) is 2.38. The van der Waals surface area contributed by atoms with E-state index in [0.29, 0.717) is 45.0 Å². The molecule has 1 aromatic rings. The fourth-order valence-electron chi connectivity index (χ4n) is 2.04. The number of hydroxylamine groups is 2. The standard InChI is InChI=1S/C13H18FNO3/c14-12-4-2-1-3-11(12)13-5-7-17-9-10-18-8-6-15(13)16/h1-4,13,16H,5-10H2. The van der Waals surface area contributed by atoms with Gasteiger partial charge in [0.1, 0.15) is 5.82 Å². The van der Waals surface area contributed by atoms with Gasteiger partial charge in [-0.1, -0.05) is 18.2 Å². The van der Waals surface area contributed by atoms with Crippen LogP contribution in [0.4, 0.5) is 4.39 Å². The van der Waals surface area contributed by atoms with Gasteiger partial charge in [-0.2, -0.15) is 5.06 Å². The molecule has 1 N–H and O–H groups in total. The van der Waals surface area contributed by atoms with Crippen molar-refractivity contribution in [1.82, 2.24) is 5.06 Å². The summed E-state index contributed by atoms with van der Waals surface area (Å²) in [5, 5.41) is 11.1. The van der Waals surface area contributed by atoms with Crippen molar-refractivity contribution in [2.24, 2.45) is 0 Å². The van der Waals surface area contributed by atoms with Crippen LogP contribution < -0.4 is 0 Å². The molecule has 0 aliphatic carbocycles. The lowest BCUT2D eigenvalue weighted by Crippen LogP contribution is -2.31. The molecule has 1 aliphatic rings. The molecule has 0 bridgehead atoms. The van der Waals surface area contributed by atoms with Gasteiger partial charge >= 0.3 is 0 Å². The minimum atomic E-state index is -0.395. The van der Waals surface area contributed by atoms with Gasteiger partial charge in [0.25, 0.3) is 0 Å². The maximum absolute atomic E-state index is 13.8. The van der Waals surface area contributed by atoms with Gasteiger partial charge in [0.15, 0.2) is 0 Å². The summed E-state index contributed by atoms with van der Waals surface area (Å²) in [7, 11) is 0. The molecule has 1 atom stereocenters. The molecule has 1 unspecified atom stereocenters. The second-order valence-corrected chi connectivity index (χ2v) is 4.21. The highest BCUT2D eigenvalue weighted by Gasteiger charge is 2.22. The number of ether oxygens (including phenoxy) is 2. The Hall–Kier alpha value is -1.01. The van der Waals surface area contributed by atoms with Crippen molar-refractivity contribution in [2.75, 3.05) is 33.0 Å². The fourth-order valence-corrected chi connectivity index (χ4v) is 2.04. The molecular weight excluding hydrogens is 237 g/mol. The molecule has 0 radical (unpaired) electrons. The van der Waals surface area contributed by atoms with Crippen LogP contribution >= 0.6 is 0 Å². The maximum Gasteiger partial charge on any atom is 0.128 e. The molecule has 2 rings (SSSR count). The average molecular weight is 255 g/mol. The van der Waals surface area contributed by atoms with Crippen LogP contribution in [-0.2, 0) is 9.47 Å². The third-order valence-corrected chi connectivity index (χ3v) is 3.00. The monoisotopic (exact) mass is 255 g/mol. The highest BCUT2D eigenvalue weighted by atomic mass is 19.1. The Kier molecular flexibility index (Phi) is 5.07. The maximum atomic E-state index is 13.8. The lowest BCUT2D eigenvalue weighted by molar-refractivity contribution is -0.151. The summed E-state index contributed by atoms with van der Waals surface area (Å²) in [4.78, 5) is 0. The number of hydrogen-bond donors (Lipinski definition) is 1. The number of nitrogens with zero attached hydrogens (tertiary/aromatic N) is 1. The molecule has 4 nitrogen and oxygen atoms in total. The van der Waals surface area contributed by atoms with Crippen molar-refractivity contribution in [3.63, 3.8) is 0 Å². The van der Waals surface area contributed by atoms with Crippen molar-refractivity contribution in [3.05, 3.63) is 35.6 Å². The molecular formula is C13H18FNO3. The molecule has 1 aliphatic heterocycles. The normalized spacial score (nSPS) is 23.8. The van der Waals surface area contributed by atoms with Crippen molar-refractivity contribution >= 4 is 0 Å². The minimum absolute atomic E-state index is 0.306. The highest BCUT2D eigenvalue weighted by molar-refractivity contribution is 5.21. The van der Waals surface area contributed by atoms with Gasteiger partial charge in [0.2, 0.25) is 0 Å². The fraction of sp³-hybridized carbons (Fsp3) is 0.538. The van der Waals surface area contributed by atoms with E-state index in [1.54, 1.807) is 18.2 Å². The first-order chi connectivity index (χ1) is 8.79. The van der Waals surface area contributed by atoms with E-state index in [1.807, 2.05) is 0 Å². The summed E-state index contributed by atoms with van der Waals surface area (Å²) in [6.45, 7) is 2.30. The van der Waals surface area contributed by atoms with E-state index in [9.17, 15) is 9.60 Å². The number of rotatable bonds is 1. The van der Waals surface area contributed by atoms with Crippen LogP contribution in [0.5, 0.6) is 0 Å². The molecule has 1 heterocycles. The van der Waals surface area contributed by atoms with Gasteiger partial charge < -0.3 is 14.7 Å². The summed E-state index contributed by atoms with van der Waals surface area (Å²) in [6, 6.07) is 6.10. The van der Waals surface area contributed by atoms with E-state index in [-0.39, 0.29) is 5.82 Å². The van der Waals surface area contributed by atoms with Crippen LogP contribution in [0, 0.1) is 5.82 Å². The predicted octanol–water partition coefficient (Wildman–Crippen LogP) is 1.99. The first-order valence-electron chi connectivity index (χ1n) is 6.14. The zero-order valence-electron chi connectivity index (χ0n) is 10.2. The summed E-state index contributed by atoms with van der Waals surface area (Å²) >= 11 is 0. The third-order valence-electron chi connectivity index (χ3n) is 3.00. The zero-order chi connectivity index (χ0) is 12.8. The van der Waals surface area contributed by atoms with Gasteiger partial charge in [0.05, 0.1) is 25.9 Å². The van der Waals surface area contributed by atoms with Crippen LogP contribution in [0.1, 0.15) is 18.0 Å². The zero-order valence-corrected chi connectivity index (χ0v) is 10.2. The molecule has 1 aromatic carbocycles. The summed E-state index contributed by atoms with van der Waals surface area (Å²) in [6.07, 6.45) is 0.553. The topological polar surface area (TPSA) is 41.9 Å². The van der Waals surface area contributed by atoms with Crippen LogP contribution in [0.3, 0.4) is 0 Å². The van der Waals surface area contributed by atoms with Gasteiger partial charge in [-0.3, -0.25) is 0 Å². The molecule has 5 heteroatoms. The first-order valence-corrected chi connectivity index (χ1v) is 6.14. The summed E-state index contributed by atoms with van der Waals surface area (Å²) in [5.74, 6) is -0.306. The largest absolute Gasteiger partial charge is 0.379 e.